The lowest BCUT2D eigenvalue weighted by Crippen LogP contribution is -2.13. The summed E-state index contributed by atoms with van der Waals surface area (Å²) in [6.45, 7) is 2.41. The summed E-state index contributed by atoms with van der Waals surface area (Å²) in [6, 6.07) is 18.0. The Bertz CT molecular complexity index is 1380. The lowest BCUT2D eigenvalue weighted by atomic mass is 10.1. The van der Waals surface area contributed by atoms with Crippen molar-refractivity contribution in [1.82, 2.24) is 0 Å². The molecule has 3 aromatic carbocycles. The number of aryl methyl sites for hydroxylation is 1. The highest BCUT2D eigenvalue weighted by Gasteiger charge is 2.12. The number of carbonyl (C=O) groups is 1. The number of fused-ring (bicyclic) bond motifs is 1. The van der Waals surface area contributed by atoms with Crippen molar-refractivity contribution in [3.8, 4) is 5.75 Å². The maximum absolute atomic E-state index is 13.5. The molecule has 0 saturated heterocycles. The maximum atomic E-state index is 13.5. The van der Waals surface area contributed by atoms with Crippen LogP contribution in [0.15, 0.2) is 75.9 Å². The topological polar surface area (TPSA) is 80.6 Å². The van der Waals surface area contributed by atoms with Crippen LogP contribution < -0.4 is 21.0 Å². The van der Waals surface area contributed by atoms with Gasteiger partial charge in [-0.2, -0.15) is 0 Å². The largest absolute Gasteiger partial charge is 0.495 e. The van der Waals surface area contributed by atoms with E-state index in [9.17, 15) is 14.0 Å². The average molecular weight is 446 g/mol. The van der Waals surface area contributed by atoms with Crippen LogP contribution in [0.1, 0.15) is 28.4 Å². The number of nitrogens with one attached hydrogen (secondary N) is 2. The second kappa shape index (κ2) is 9.56. The summed E-state index contributed by atoms with van der Waals surface area (Å²) in [6.07, 6.45) is 0.845. The highest BCUT2D eigenvalue weighted by molar-refractivity contribution is 6.05. The van der Waals surface area contributed by atoms with Crippen molar-refractivity contribution in [2.75, 3.05) is 17.7 Å². The molecular weight excluding hydrogens is 423 g/mol. The molecule has 0 aliphatic heterocycles. The quantitative estimate of drug-likeness (QED) is 0.373. The molecule has 1 aromatic heterocycles. The molecule has 0 fully saturated rings. The molecule has 1 heterocycles. The molecule has 0 bridgehead atoms. The predicted molar refractivity (Wildman–Crippen MR) is 127 cm³/mol. The fourth-order valence-corrected chi connectivity index (χ4v) is 3.58. The Morgan fingerprint density at radius 2 is 1.91 bits per heavy atom. The molecule has 0 aliphatic carbocycles. The number of methoxy groups -OCH3 is 1. The first-order chi connectivity index (χ1) is 16.0. The summed E-state index contributed by atoms with van der Waals surface area (Å²) in [4.78, 5) is 24.6. The number of hydrogen-bond donors (Lipinski definition) is 2. The molecule has 0 aliphatic rings. The smallest absolute Gasteiger partial charge is 0.336 e. The van der Waals surface area contributed by atoms with Gasteiger partial charge in [-0.1, -0.05) is 25.1 Å². The van der Waals surface area contributed by atoms with Gasteiger partial charge in [0.05, 0.1) is 12.8 Å². The molecule has 33 heavy (non-hydrogen) atoms. The first-order valence-electron chi connectivity index (χ1n) is 10.5. The second-order valence-electron chi connectivity index (χ2n) is 7.51. The van der Waals surface area contributed by atoms with Crippen LogP contribution in [0.4, 0.5) is 15.8 Å². The Labute approximate surface area is 190 Å². The highest BCUT2D eigenvalue weighted by atomic mass is 19.1. The lowest BCUT2D eigenvalue weighted by Gasteiger charge is -2.14. The number of ether oxygens (including phenoxy) is 1. The van der Waals surface area contributed by atoms with Gasteiger partial charge in [-0.15, -0.1) is 0 Å². The van der Waals surface area contributed by atoms with E-state index in [1.54, 1.807) is 18.2 Å². The molecule has 0 unspecified atom stereocenters. The number of benzene rings is 3. The molecule has 1 amide bonds. The van der Waals surface area contributed by atoms with Gasteiger partial charge in [-0.05, 0) is 60.0 Å². The molecular formula is C26H23FN2O4. The Morgan fingerprint density at radius 1 is 1.06 bits per heavy atom. The number of halogens is 1. The third kappa shape index (κ3) is 5.03. The number of hydrogen-bond acceptors (Lipinski definition) is 5. The van der Waals surface area contributed by atoms with Crippen LogP contribution in [0, 0.1) is 5.82 Å². The summed E-state index contributed by atoms with van der Waals surface area (Å²) >= 11 is 0. The standard InChI is InChI=1S/C26H23FN2O4/c1-3-16-7-9-21-18(13-25(30)33-24(21)11-16)15-28-20-8-10-23(32-2)22(14-20)29-26(31)17-5-4-6-19(27)12-17/h4-14,28H,3,15H2,1-2H3,(H,29,31). The van der Waals surface area contributed by atoms with Crippen molar-refractivity contribution in [1.29, 1.82) is 0 Å². The van der Waals surface area contributed by atoms with Crippen LogP contribution in [-0.4, -0.2) is 13.0 Å². The van der Waals surface area contributed by atoms with Crippen LogP contribution in [-0.2, 0) is 13.0 Å². The summed E-state index contributed by atoms with van der Waals surface area (Å²) in [5.41, 5.74) is 3.36. The van der Waals surface area contributed by atoms with E-state index in [1.807, 2.05) is 25.1 Å². The molecule has 0 atom stereocenters. The van der Waals surface area contributed by atoms with Crippen molar-refractivity contribution >= 4 is 28.3 Å². The summed E-state index contributed by atoms with van der Waals surface area (Å²) < 4.78 is 24.2. The van der Waals surface area contributed by atoms with Gasteiger partial charge >= 0.3 is 5.63 Å². The minimum absolute atomic E-state index is 0.198. The van der Waals surface area contributed by atoms with E-state index >= 15 is 0 Å². The van der Waals surface area contributed by atoms with Gasteiger partial charge in [0.1, 0.15) is 17.1 Å². The SMILES string of the molecule is CCc1ccc2c(CNc3ccc(OC)c(NC(=O)c4cccc(F)c4)c3)cc(=O)oc2c1. The van der Waals surface area contributed by atoms with E-state index in [0.717, 1.165) is 22.9 Å². The van der Waals surface area contributed by atoms with Crippen molar-refractivity contribution in [3.63, 3.8) is 0 Å². The summed E-state index contributed by atoms with van der Waals surface area (Å²) in [5, 5.41) is 6.89. The molecule has 4 aromatic rings. The molecule has 168 valence electrons. The summed E-state index contributed by atoms with van der Waals surface area (Å²) in [5.74, 6) is -0.484. The first-order valence-corrected chi connectivity index (χ1v) is 10.5. The van der Waals surface area contributed by atoms with Gasteiger partial charge in [0.15, 0.2) is 0 Å². The van der Waals surface area contributed by atoms with Crippen LogP contribution >= 0.6 is 0 Å². The van der Waals surface area contributed by atoms with E-state index in [-0.39, 0.29) is 5.56 Å². The van der Waals surface area contributed by atoms with Gasteiger partial charge in [0.25, 0.3) is 5.91 Å². The fraction of sp³-hybridized carbons (Fsp3) is 0.154. The number of anilines is 2. The van der Waals surface area contributed by atoms with E-state index in [0.29, 0.717) is 29.3 Å². The van der Waals surface area contributed by atoms with E-state index in [2.05, 4.69) is 10.6 Å². The van der Waals surface area contributed by atoms with Gasteiger partial charge < -0.3 is 19.8 Å². The molecule has 4 rings (SSSR count). The number of amides is 1. The van der Waals surface area contributed by atoms with Crippen LogP contribution in [0.25, 0.3) is 11.0 Å². The Hall–Kier alpha value is -4.13. The van der Waals surface area contributed by atoms with Crippen LogP contribution in [0.3, 0.4) is 0 Å². The third-order valence-electron chi connectivity index (χ3n) is 5.32. The van der Waals surface area contributed by atoms with Crippen molar-refractivity contribution in [2.24, 2.45) is 0 Å². The zero-order valence-corrected chi connectivity index (χ0v) is 18.3. The average Bonchev–Trinajstić information content (AvgIpc) is 2.82. The first kappa shape index (κ1) is 22.1. The Kier molecular flexibility index (Phi) is 6.40. The molecule has 0 radical (unpaired) electrons. The van der Waals surface area contributed by atoms with E-state index < -0.39 is 17.3 Å². The van der Waals surface area contributed by atoms with Crippen molar-refractivity contribution in [3.05, 3.63) is 99.7 Å². The third-order valence-corrected chi connectivity index (χ3v) is 5.32. The fourth-order valence-electron chi connectivity index (χ4n) is 3.58. The van der Waals surface area contributed by atoms with E-state index in [1.165, 1.54) is 37.4 Å². The Morgan fingerprint density at radius 3 is 2.67 bits per heavy atom. The summed E-state index contributed by atoms with van der Waals surface area (Å²) in [7, 11) is 1.50. The molecule has 2 N–H and O–H groups in total. The van der Waals surface area contributed by atoms with Crippen molar-refractivity contribution < 1.29 is 18.3 Å². The van der Waals surface area contributed by atoms with Gasteiger partial charge in [-0.3, -0.25) is 4.79 Å². The number of rotatable bonds is 7. The minimum atomic E-state index is -0.490. The Balaban J connectivity index is 1.57. The second-order valence-corrected chi connectivity index (χ2v) is 7.51. The van der Waals surface area contributed by atoms with Gasteiger partial charge in [0, 0.05) is 29.2 Å². The zero-order valence-electron chi connectivity index (χ0n) is 18.3. The van der Waals surface area contributed by atoms with Gasteiger partial charge in [-0.25, -0.2) is 9.18 Å². The monoisotopic (exact) mass is 446 g/mol. The van der Waals surface area contributed by atoms with Crippen molar-refractivity contribution in [2.45, 2.75) is 19.9 Å². The molecule has 0 spiro atoms. The minimum Gasteiger partial charge on any atom is -0.495 e. The highest BCUT2D eigenvalue weighted by Crippen LogP contribution is 2.29. The van der Waals surface area contributed by atoms with Gasteiger partial charge in [0.2, 0.25) is 0 Å². The maximum Gasteiger partial charge on any atom is 0.336 e. The zero-order chi connectivity index (χ0) is 23.4. The van der Waals surface area contributed by atoms with Crippen LogP contribution in [0.5, 0.6) is 5.75 Å². The molecule has 6 nitrogen and oxygen atoms in total. The predicted octanol–water partition coefficient (Wildman–Crippen LogP) is 5.37. The van der Waals surface area contributed by atoms with E-state index in [4.69, 9.17) is 9.15 Å². The normalized spacial score (nSPS) is 10.8. The molecule has 7 heteroatoms. The lowest BCUT2D eigenvalue weighted by molar-refractivity contribution is 0.102. The number of carbonyl (C=O) groups excluding carboxylic acids is 1. The van der Waals surface area contributed by atoms with Crippen LogP contribution in [0.2, 0.25) is 0 Å². The molecule has 0 saturated carbocycles.